The molecule has 3 aromatic rings. The minimum atomic E-state index is -3.13. The summed E-state index contributed by atoms with van der Waals surface area (Å²) >= 11 is 1.63. The maximum atomic E-state index is 11.4. The van der Waals surface area contributed by atoms with Gasteiger partial charge in [0.2, 0.25) is 0 Å². The van der Waals surface area contributed by atoms with Crippen LogP contribution in [-0.2, 0) is 21.1 Å². The number of hydrogen-bond donors (Lipinski definition) is 0. The average molecular weight is 346 g/mol. The van der Waals surface area contributed by atoms with Crippen molar-refractivity contribution >= 4 is 37.7 Å². The summed E-state index contributed by atoms with van der Waals surface area (Å²) in [6.45, 7) is 1.61. The minimum Gasteiger partial charge on any atom is -0.300 e. The van der Waals surface area contributed by atoms with Crippen molar-refractivity contribution in [1.29, 1.82) is 0 Å². The van der Waals surface area contributed by atoms with Crippen LogP contribution in [0.25, 0.3) is 10.8 Å². The molecule has 1 heterocycles. The van der Waals surface area contributed by atoms with Crippen molar-refractivity contribution in [3.05, 3.63) is 64.9 Å². The zero-order chi connectivity index (χ0) is 16.9. The summed E-state index contributed by atoms with van der Waals surface area (Å²) in [5, 5.41) is 3.73. The molecule has 5 heteroatoms. The van der Waals surface area contributed by atoms with Crippen molar-refractivity contribution in [2.24, 2.45) is 0 Å². The van der Waals surface area contributed by atoms with Crippen LogP contribution in [0.3, 0.4) is 0 Å². The second kappa shape index (κ2) is 7.53. The van der Waals surface area contributed by atoms with E-state index in [2.05, 4.69) is 0 Å². The fourth-order valence-corrected chi connectivity index (χ4v) is 3.86. The fourth-order valence-electron chi connectivity index (χ4n) is 2.18. The standard InChI is InChI=1S/C11H10O2S.C7H8OS/c1-14(12,13)11-8-4-6-9-5-2-3-7-10(9)11;1-6(8)5-7-3-2-4-9-7/h2-8H,1H3;2-4H,5H2,1H3. The summed E-state index contributed by atoms with van der Waals surface area (Å²) < 4.78 is 22.9. The molecule has 0 aliphatic carbocycles. The van der Waals surface area contributed by atoms with Gasteiger partial charge in [-0.15, -0.1) is 11.3 Å². The number of carbonyl (C=O) groups excluding carboxylic acids is 1. The predicted molar refractivity (Wildman–Crippen MR) is 95.8 cm³/mol. The van der Waals surface area contributed by atoms with Crippen LogP contribution in [0.4, 0.5) is 0 Å². The highest BCUT2D eigenvalue weighted by Crippen LogP contribution is 2.22. The molecule has 0 saturated heterocycles. The van der Waals surface area contributed by atoms with E-state index in [0.29, 0.717) is 11.3 Å². The molecule has 0 atom stereocenters. The Morgan fingerprint density at radius 3 is 2.30 bits per heavy atom. The topological polar surface area (TPSA) is 51.2 Å². The average Bonchev–Trinajstić information content (AvgIpc) is 2.98. The van der Waals surface area contributed by atoms with Gasteiger partial charge in [-0.05, 0) is 29.8 Å². The van der Waals surface area contributed by atoms with Gasteiger partial charge in [0.05, 0.1) is 4.90 Å². The van der Waals surface area contributed by atoms with Crippen molar-refractivity contribution in [3.63, 3.8) is 0 Å². The van der Waals surface area contributed by atoms with Crippen molar-refractivity contribution in [3.8, 4) is 0 Å². The molecule has 0 amide bonds. The zero-order valence-corrected chi connectivity index (χ0v) is 14.7. The first-order chi connectivity index (χ1) is 10.9. The Balaban J connectivity index is 0.000000185. The van der Waals surface area contributed by atoms with Crippen LogP contribution in [0.5, 0.6) is 0 Å². The van der Waals surface area contributed by atoms with E-state index in [4.69, 9.17) is 0 Å². The molecule has 0 fully saturated rings. The Kier molecular flexibility index (Phi) is 5.69. The smallest absolute Gasteiger partial charge is 0.176 e. The van der Waals surface area contributed by atoms with Crippen LogP contribution in [0.1, 0.15) is 11.8 Å². The van der Waals surface area contributed by atoms with E-state index in [1.54, 1.807) is 30.4 Å². The van der Waals surface area contributed by atoms with Gasteiger partial charge in [-0.3, -0.25) is 4.79 Å². The molecular weight excluding hydrogens is 328 g/mol. The lowest BCUT2D eigenvalue weighted by Crippen LogP contribution is -1.97. The van der Waals surface area contributed by atoms with Crippen LogP contribution in [0.2, 0.25) is 0 Å². The van der Waals surface area contributed by atoms with Gasteiger partial charge in [0, 0.05) is 22.9 Å². The lowest BCUT2D eigenvalue weighted by atomic mass is 10.1. The van der Waals surface area contributed by atoms with Gasteiger partial charge >= 0.3 is 0 Å². The van der Waals surface area contributed by atoms with Crippen LogP contribution < -0.4 is 0 Å². The van der Waals surface area contributed by atoms with Crippen LogP contribution in [0, 0.1) is 0 Å². The van der Waals surface area contributed by atoms with Gasteiger partial charge in [-0.1, -0.05) is 42.5 Å². The summed E-state index contributed by atoms with van der Waals surface area (Å²) in [6.07, 6.45) is 1.83. The molecule has 1 aromatic heterocycles. The first-order valence-corrected chi connectivity index (χ1v) is 9.84. The Morgan fingerprint density at radius 1 is 1.00 bits per heavy atom. The van der Waals surface area contributed by atoms with Gasteiger partial charge in [0.25, 0.3) is 0 Å². The molecular formula is C18H18O3S2. The molecule has 3 rings (SSSR count). The molecule has 120 valence electrons. The summed E-state index contributed by atoms with van der Waals surface area (Å²) in [4.78, 5) is 12.1. The lowest BCUT2D eigenvalue weighted by Gasteiger charge is -2.03. The highest BCUT2D eigenvalue weighted by Gasteiger charge is 2.09. The maximum absolute atomic E-state index is 11.4. The molecule has 0 spiro atoms. The third-order valence-corrected chi connectivity index (χ3v) is 5.18. The van der Waals surface area contributed by atoms with Gasteiger partial charge in [0.1, 0.15) is 5.78 Å². The van der Waals surface area contributed by atoms with E-state index >= 15 is 0 Å². The van der Waals surface area contributed by atoms with Gasteiger partial charge in [-0.25, -0.2) is 8.42 Å². The molecule has 0 saturated carbocycles. The number of benzene rings is 2. The van der Waals surface area contributed by atoms with E-state index in [1.807, 2.05) is 47.8 Å². The normalized spacial score (nSPS) is 10.9. The van der Waals surface area contributed by atoms with E-state index in [-0.39, 0.29) is 5.78 Å². The minimum absolute atomic E-state index is 0.234. The largest absolute Gasteiger partial charge is 0.300 e. The molecule has 0 radical (unpaired) electrons. The number of Topliss-reactive ketones (excluding diaryl/α,β-unsaturated/α-hetero) is 1. The Bertz CT molecular complexity index is 890. The summed E-state index contributed by atoms with van der Waals surface area (Å²) in [6, 6.07) is 16.7. The molecule has 2 aromatic carbocycles. The van der Waals surface area contributed by atoms with Crippen LogP contribution >= 0.6 is 11.3 Å². The number of ketones is 1. The van der Waals surface area contributed by atoms with Gasteiger partial charge in [0.15, 0.2) is 9.84 Å². The third-order valence-electron chi connectivity index (χ3n) is 3.15. The van der Waals surface area contributed by atoms with Crippen molar-refractivity contribution in [2.75, 3.05) is 6.26 Å². The molecule has 0 N–H and O–H groups in total. The SMILES string of the molecule is CC(=O)Cc1cccs1.CS(=O)(=O)c1cccc2ccccc12. The molecule has 23 heavy (non-hydrogen) atoms. The van der Waals surface area contributed by atoms with Crippen LogP contribution in [0.15, 0.2) is 64.9 Å². The molecule has 0 bridgehead atoms. The zero-order valence-electron chi connectivity index (χ0n) is 13.0. The van der Waals surface area contributed by atoms with Gasteiger partial charge in [-0.2, -0.15) is 0 Å². The summed E-state index contributed by atoms with van der Waals surface area (Å²) in [5.74, 6) is 0.234. The molecule has 0 unspecified atom stereocenters. The lowest BCUT2D eigenvalue weighted by molar-refractivity contribution is -0.116. The summed E-state index contributed by atoms with van der Waals surface area (Å²) in [5.41, 5.74) is 0. The number of hydrogen-bond acceptors (Lipinski definition) is 4. The number of rotatable bonds is 3. The number of thiophene rings is 1. The maximum Gasteiger partial charge on any atom is 0.176 e. The van der Waals surface area contributed by atoms with Crippen molar-refractivity contribution in [2.45, 2.75) is 18.2 Å². The van der Waals surface area contributed by atoms with Crippen LogP contribution in [-0.4, -0.2) is 20.5 Å². The number of carbonyl (C=O) groups is 1. The molecule has 0 aliphatic heterocycles. The first-order valence-electron chi connectivity index (χ1n) is 7.07. The fraction of sp³-hybridized carbons (Fsp3) is 0.167. The van der Waals surface area contributed by atoms with Gasteiger partial charge < -0.3 is 0 Å². The van der Waals surface area contributed by atoms with Crippen molar-refractivity contribution in [1.82, 2.24) is 0 Å². The van der Waals surface area contributed by atoms with E-state index in [0.717, 1.165) is 15.6 Å². The third kappa shape index (κ3) is 5.01. The first kappa shape index (κ1) is 17.4. The highest BCUT2D eigenvalue weighted by molar-refractivity contribution is 7.91. The predicted octanol–water partition coefficient (Wildman–Crippen LogP) is 4.12. The summed E-state index contributed by atoms with van der Waals surface area (Å²) in [7, 11) is -3.13. The van der Waals surface area contributed by atoms with E-state index in [9.17, 15) is 13.2 Å². The number of fused-ring (bicyclic) bond motifs is 1. The van der Waals surface area contributed by atoms with Crippen molar-refractivity contribution < 1.29 is 13.2 Å². The molecule has 3 nitrogen and oxygen atoms in total. The quantitative estimate of drug-likeness (QED) is 0.717. The van der Waals surface area contributed by atoms with E-state index < -0.39 is 9.84 Å². The second-order valence-electron chi connectivity index (χ2n) is 5.21. The van der Waals surface area contributed by atoms with E-state index in [1.165, 1.54) is 6.26 Å². The Morgan fingerprint density at radius 2 is 1.70 bits per heavy atom. The Hall–Kier alpha value is -1.98. The monoisotopic (exact) mass is 346 g/mol. The highest BCUT2D eigenvalue weighted by atomic mass is 32.2. The number of sulfone groups is 1. The Labute approximate surface area is 140 Å². The second-order valence-corrected chi connectivity index (χ2v) is 8.22. The molecule has 0 aliphatic rings.